The molecule has 0 radical (unpaired) electrons. The Hall–Kier alpha value is -0.670. The second-order valence-electron chi connectivity index (χ2n) is 3.85. The Kier molecular flexibility index (Phi) is 3.54. The number of rotatable bonds is 4. The molecule has 1 atom stereocenters. The monoisotopic (exact) mass is 223 g/mol. The van der Waals surface area contributed by atoms with Crippen molar-refractivity contribution in [3.05, 3.63) is 23.8 Å². The van der Waals surface area contributed by atoms with Crippen molar-refractivity contribution in [2.45, 2.75) is 29.4 Å². The van der Waals surface area contributed by atoms with Crippen LogP contribution >= 0.6 is 11.8 Å². The van der Waals surface area contributed by atoms with E-state index in [-0.39, 0.29) is 0 Å². The van der Waals surface area contributed by atoms with E-state index in [4.69, 9.17) is 10.5 Å². The molecular weight excluding hydrogens is 206 g/mol. The van der Waals surface area contributed by atoms with E-state index in [1.165, 1.54) is 16.9 Å². The fourth-order valence-corrected chi connectivity index (χ4v) is 3.28. The smallest absolute Gasteiger partial charge is 0.119 e. The molecular formula is C12H17NOS. The fourth-order valence-electron chi connectivity index (χ4n) is 1.93. The molecule has 1 aromatic carbocycles. The summed E-state index contributed by atoms with van der Waals surface area (Å²) < 4.78 is 5.23. The maximum Gasteiger partial charge on any atom is 0.119 e. The van der Waals surface area contributed by atoms with Crippen molar-refractivity contribution in [2.75, 3.05) is 13.7 Å². The van der Waals surface area contributed by atoms with Gasteiger partial charge in [-0.3, -0.25) is 0 Å². The van der Waals surface area contributed by atoms with Crippen molar-refractivity contribution in [2.24, 2.45) is 5.73 Å². The molecule has 2 nitrogen and oxygen atoms in total. The number of hydrogen-bond donors (Lipinski definition) is 1. The van der Waals surface area contributed by atoms with E-state index in [0.717, 1.165) is 30.4 Å². The Balaban J connectivity index is 2.03. The number of thioether (sulfide) groups is 1. The van der Waals surface area contributed by atoms with E-state index >= 15 is 0 Å². The van der Waals surface area contributed by atoms with Crippen LogP contribution in [-0.4, -0.2) is 18.9 Å². The highest BCUT2D eigenvalue weighted by Gasteiger charge is 2.21. The van der Waals surface area contributed by atoms with Crippen LogP contribution in [0.2, 0.25) is 0 Å². The lowest BCUT2D eigenvalue weighted by Crippen LogP contribution is -2.05. The van der Waals surface area contributed by atoms with Crippen molar-refractivity contribution in [1.29, 1.82) is 0 Å². The molecule has 0 spiro atoms. The van der Waals surface area contributed by atoms with E-state index in [0.29, 0.717) is 0 Å². The average molecular weight is 223 g/mol. The van der Waals surface area contributed by atoms with Gasteiger partial charge < -0.3 is 10.5 Å². The first-order valence-electron chi connectivity index (χ1n) is 5.37. The summed E-state index contributed by atoms with van der Waals surface area (Å²) in [4.78, 5) is 1.41. The number of methoxy groups -OCH3 is 1. The topological polar surface area (TPSA) is 35.2 Å². The van der Waals surface area contributed by atoms with Gasteiger partial charge in [0.05, 0.1) is 7.11 Å². The number of hydrogen-bond acceptors (Lipinski definition) is 3. The summed E-state index contributed by atoms with van der Waals surface area (Å²) in [6.45, 7) is 0.802. The SMILES string of the molecule is COc1ccc2c(c1)CC(CCCN)S2. The molecule has 0 saturated heterocycles. The zero-order valence-electron chi connectivity index (χ0n) is 9.03. The molecule has 0 fully saturated rings. The second kappa shape index (κ2) is 4.90. The van der Waals surface area contributed by atoms with Crippen molar-refractivity contribution in [3.8, 4) is 5.75 Å². The number of ether oxygens (including phenoxy) is 1. The van der Waals surface area contributed by atoms with Crippen molar-refractivity contribution in [1.82, 2.24) is 0 Å². The predicted molar refractivity (Wildman–Crippen MR) is 64.6 cm³/mol. The molecule has 0 amide bonds. The standard InChI is InChI=1S/C12H17NOS/c1-14-10-4-5-12-9(7-10)8-11(15-12)3-2-6-13/h4-5,7,11H,2-3,6,8,13H2,1H3. The molecule has 0 bridgehead atoms. The Morgan fingerprint density at radius 2 is 2.40 bits per heavy atom. The van der Waals surface area contributed by atoms with E-state index in [1.54, 1.807) is 7.11 Å². The fraction of sp³-hybridized carbons (Fsp3) is 0.500. The molecule has 82 valence electrons. The zero-order valence-corrected chi connectivity index (χ0v) is 9.85. The third kappa shape index (κ3) is 2.47. The third-order valence-electron chi connectivity index (χ3n) is 2.74. The minimum Gasteiger partial charge on any atom is -0.497 e. The zero-order chi connectivity index (χ0) is 10.7. The Bertz CT molecular complexity index is 340. The van der Waals surface area contributed by atoms with Gasteiger partial charge in [0, 0.05) is 10.1 Å². The molecule has 2 rings (SSSR count). The van der Waals surface area contributed by atoms with Crippen molar-refractivity contribution >= 4 is 11.8 Å². The number of nitrogens with two attached hydrogens (primary N) is 1. The molecule has 1 heterocycles. The van der Waals surface area contributed by atoms with Gasteiger partial charge in [-0.15, -0.1) is 11.8 Å². The van der Waals surface area contributed by atoms with Crippen LogP contribution < -0.4 is 10.5 Å². The van der Waals surface area contributed by atoms with Gasteiger partial charge in [-0.05, 0) is 49.6 Å². The Labute approximate surface area is 95.2 Å². The molecule has 1 aliphatic rings. The molecule has 2 N–H and O–H groups in total. The molecule has 0 aromatic heterocycles. The van der Waals surface area contributed by atoms with Crippen LogP contribution in [0.3, 0.4) is 0 Å². The van der Waals surface area contributed by atoms with E-state index in [2.05, 4.69) is 12.1 Å². The normalized spacial score (nSPS) is 18.9. The molecule has 1 aromatic rings. The maximum absolute atomic E-state index is 5.53. The van der Waals surface area contributed by atoms with Crippen LogP contribution in [0.15, 0.2) is 23.1 Å². The first-order valence-corrected chi connectivity index (χ1v) is 6.25. The summed E-state index contributed by atoms with van der Waals surface area (Å²) in [5.41, 5.74) is 6.96. The summed E-state index contributed by atoms with van der Waals surface area (Å²) in [5, 5.41) is 0.718. The largest absolute Gasteiger partial charge is 0.497 e. The quantitative estimate of drug-likeness (QED) is 0.851. The van der Waals surface area contributed by atoms with Gasteiger partial charge >= 0.3 is 0 Å². The highest BCUT2D eigenvalue weighted by atomic mass is 32.2. The summed E-state index contributed by atoms with van der Waals surface area (Å²) in [5.74, 6) is 0.967. The Morgan fingerprint density at radius 3 is 3.13 bits per heavy atom. The van der Waals surface area contributed by atoms with Gasteiger partial charge in [-0.1, -0.05) is 0 Å². The third-order valence-corrected chi connectivity index (χ3v) is 4.13. The summed E-state index contributed by atoms with van der Waals surface area (Å²) in [7, 11) is 1.72. The average Bonchev–Trinajstić information content (AvgIpc) is 2.67. The minimum atomic E-state index is 0.718. The lowest BCUT2D eigenvalue weighted by atomic mass is 10.1. The highest BCUT2D eigenvalue weighted by Crippen LogP contribution is 2.40. The lowest BCUT2D eigenvalue weighted by molar-refractivity contribution is 0.414. The van der Waals surface area contributed by atoms with Gasteiger partial charge in [0.15, 0.2) is 0 Å². The van der Waals surface area contributed by atoms with E-state index in [9.17, 15) is 0 Å². The molecule has 0 aliphatic carbocycles. The van der Waals surface area contributed by atoms with E-state index < -0.39 is 0 Å². The second-order valence-corrected chi connectivity index (χ2v) is 5.19. The summed E-state index contributed by atoms with van der Waals surface area (Å²) in [6, 6.07) is 6.36. The minimum absolute atomic E-state index is 0.718. The first-order chi connectivity index (χ1) is 7.33. The summed E-state index contributed by atoms with van der Waals surface area (Å²) >= 11 is 1.98. The van der Waals surface area contributed by atoms with Gasteiger partial charge in [0.25, 0.3) is 0 Å². The van der Waals surface area contributed by atoms with Gasteiger partial charge in [-0.25, -0.2) is 0 Å². The highest BCUT2D eigenvalue weighted by molar-refractivity contribution is 8.00. The molecule has 1 unspecified atom stereocenters. The van der Waals surface area contributed by atoms with Crippen LogP contribution in [0.25, 0.3) is 0 Å². The van der Waals surface area contributed by atoms with E-state index in [1.807, 2.05) is 17.8 Å². The first kappa shape index (κ1) is 10.8. The molecule has 15 heavy (non-hydrogen) atoms. The van der Waals surface area contributed by atoms with Crippen LogP contribution in [0.4, 0.5) is 0 Å². The number of fused-ring (bicyclic) bond motifs is 1. The maximum atomic E-state index is 5.53. The van der Waals surface area contributed by atoms with Gasteiger partial charge in [-0.2, -0.15) is 0 Å². The lowest BCUT2D eigenvalue weighted by Gasteiger charge is -2.05. The van der Waals surface area contributed by atoms with Crippen LogP contribution in [-0.2, 0) is 6.42 Å². The van der Waals surface area contributed by atoms with Crippen LogP contribution in [0.1, 0.15) is 18.4 Å². The van der Waals surface area contributed by atoms with Crippen LogP contribution in [0, 0.1) is 0 Å². The van der Waals surface area contributed by atoms with Crippen molar-refractivity contribution in [3.63, 3.8) is 0 Å². The molecule has 1 aliphatic heterocycles. The molecule has 0 saturated carbocycles. The summed E-state index contributed by atoms with van der Waals surface area (Å²) in [6.07, 6.45) is 3.51. The van der Waals surface area contributed by atoms with Crippen LogP contribution in [0.5, 0.6) is 5.75 Å². The Morgan fingerprint density at radius 1 is 1.53 bits per heavy atom. The van der Waals surface area contributed by atoms with Gasteiger partial charge in [0.1, 0.15) is 5.75 Å². The predicted octanol–water partition coefficient (Wildman–Crippen LogP) is 2.45. The number of benzene rings is 1. The molecule has 3 heteroatoms. The van der Waals surface area contributed by atoms with Gasteiger partial charge in [0.2, 0.25) is 0 Å². The van der Waals surface area contributed by atoms with Crippen molar-refractivity contribution < 1.29 is 4.74 Å².